The van der Waals surface area contributed by atoms with Crippen LogP contribution in [0.2, 0.25) is 5.02 Å². The van der Waals surface area contributed by atoms with Crippen molar-refractivity contribution in [2.24, 2.45) is 5.92 Å². The zero-order valence-corrected chi connectivity index (χ0v) is 12.8. The minimum absolute atomic E-state index is 0.594. The number of ether oxygens (including phenoxy) is 1. The van der Waals surface area contributed by atoms with Crippen LogP contribution >= 0.6 is 11.6 Å². The Bertz CT molecular complexity index is 557. The van der Waals surface area contributed by atoms with Crippen molar-refractivity contribution in [3.63, 3.8) is 0 Å². The van der Waals surface area contributed by atoms with E-state index in [1.54, 1.807) is 6.20 Å². The third-order valence-electron chi connectivity index (χ3n) is 2.94. The molecule has 1 N–H and O–H groups in total. The van der Waals surface area contributed by atoms with Crippen LogP contribution in [0.1, 0.15) is 20.3 Å². The molecule has 0 fully saturated rings. The number of pyridine rings is 1. The van der Waals surface area contributed by atoms with Crippen LogP contribution in [0.15, 0.2) is 30.5 Å². The number of fused-ring (bicyclic) bond motifs is 1. The highest BCUT2D eigenvalue weighted by Crippen LogP contribution is 2.24. The number of benzene rings is 1. The van der Waals surface area contributed by atoms with Gasteiger partial charge in [-0.3, -0.25) is 4.98 Å². The number of hydrogen-bond acceptors (Lipinski definition) is 3. The monoisotopic (exact) mass is 292 g/mol. The Hall–Kier alpha value is -1.32. The molecular formula is C16H21ClN2O. The van der Waals surface area contributed by atoms with Crippen LogP contribution in [-0.4, -0.2) is 24.7 Å². The van der Waals surface area contributed by atoms with Gasteiger partial charge in [-0.05, 0) is 36.6 Å². The second-order valence-electron chi connectivity index (χ2n) is 5.27. The van der Waals surface area contributed by atoms with Crippen molar-refractivity contribution in [2.75, 3.05) is 25.1 Å². The second-order valence-corrected chi connectivity index (χ2v) is 5.71. The quantitative estimate of drug-likeness (QED) is 0.770. The van der Waals surface area contributed by atoms with Gasteiger partial charge in [-0.2, -0.15) is 0 Å². The average molecular weight is 293 g/mol. The van der Waals surface area contributed by atoms with E-state index in [1.165, 1.54) is 0 Å². The maximum atomic E-state index is 5.98. The van der Waals surface area contributed by atoms with Gasteiger partial charge >= 0.3 is 0 Å². The van der Waals surface area contributed by atoms with Gasteiger partial charge in [0.15, 0.2) is 0 Å². The zero-order valence-electron chi connectivity index (χ0n) is 12.0. The molecular weight excluding hydrogens is 272 g/mol. The van der Waals surface area contributed by atoms with Crippen molar-refractivity contribution < 1.29 is 4.74 Å². The standard InChI is InChI=1S/C16H21ClN2O/c1-12(2)11-20-9-3-7-18-15-6-8-19-16-10-13(17)4-5-14(15)16/h4-6,8,10,12H,3,7,9,11H2,1-2H3,(H,18,19). The summed E-state index contributed by atoms with van der Waals surface area (Å²) in [4.78, 5) is 4.33. The number of anilines is 1. The van der Waals surface area contributed by atoms with Gasteiger partial charge in [-0.25, -0.2) is 0 Å². The summed E-state index contributed by atoms with van der Waals surface area (Å²) in [6, 6.07) is 7.77. The van der Waals surface area contributed by atoms with Gasteiger partial charge in [0.05, 0.1) is 5.52 Å². The summed E-state index contributed by atoms with van der Waals surface area (Å²) in [5.74, 6) is 0.594. The summed E-state index contributed by atoms with van der Waals surface area (Å²) in [5, 5.41) is 5.24. The molecule has 0 bridgehead atoms. The molecule has 0 radical (unpaired) electrons. The van der Waals surface area contributed by atoms with Gasteiger partial charge < -0.3 is 10.1 Å². The number of nitrogens with zero attached hydrogens (tertiary/aromatic N) is 1. The fraction of sp³-hybridized carbons (Fsp3) is 0.438. The highest BCUT2D eigenvalue weighted by molar-refractivity contribution is 6.31. The van der Waals surface area contributed by atoms with Crippen LogP contribution in [-0.2, 0) is 4.74 Å². The molecule has 0 saturated heterocycles. The first-order valence-electron chi connectivity index (χ1n) is 7.02. The van der Waals surface area contributed by atoms with Crippen LogP contribution in [0, 0.1) is 5.92 Å². The van der Waals surface area contributed by atoms with E-state index in [1.807, 2.05) is 24.3 Å². The van der Waals surface area contributed by atoms with Gasteiger partial charge in [0.1, 0.15) is 0 Å². The largest absolute Gasteiger partial charge is 0.384 e. The molecule has 0 spiro atoms. The molecule has 0 aliphatic carbocycles. The Labute approximate surface area is 125 Å². The van der Waals surface area contributed by atoms with Crippen molar-refractivity contribution in [2.45, 2.75) is 20.3 Å². The van der Waals surface area contributed by atoms with E-state index in [2.05, 4.69) is 24.1 Å². The lowest BCUT2D eigenvalue weighted by atomic mass is 10.2. The first-order chi connectivity index (χ1) is 9.66. The van der Waals surface area contributed by atoms with E-state index >= 15 is 0 Å². The molecule has 0 atom stereocenters. The molecule has 4 heteroatoms. The maximum absolute atomic E-state index is 5.98. The normalized spacial score (nSPS) is 11.2. The van der Waals surface area contributed by atoms with E-state index in [9.17, 15) is 0 Å². The van der Waals surface area contributed by atoms with E-state index in [-0.39, 0.29) is 0 Å². The molecule has 20 heavy (non-hydrogen) atoms. The summed E-state index contributed by atoms with van der Waals surface area (Å²) in [6.07, 6.45) is 2.79. The third-order valence-corrected chi connectivity index (χ3v) is 3.17. The Morgan fingerprint density at radius 1 is 1.30 bits per heavy atom. The molecule has 0 aliphatic heterocycles. The molecule has 1 aromatic heterocycles. The smallest absolute Gasteiger partial charge is 0.0737 e. The zero-order chi connectivity index (χ0) is 14.4. The number of hydrogen-bond donors (Lipinski definition) is 1. The van der Waals surface area contributed by atoms with Gasteiger partial charge in [-0.1, -0.05) is 25.4 Å². The molecule has 2 aromatic rings. The molecule has 1 aromatic carbocycles. The fourth-order valence-electron chi connectivity index (χ4n) is 1.99. The molecule has 2 rings (SSSR count). The van der Waals surface area contributed by atoms with Crippen molar-refractivity contribution in [1.82, 2.24) is 4.98 Å². The van der Waals surface area contributed by atoms with Crippen molar-refractivity contribution >= 4 is 28.2 Å². The van der Waals surface area contributed by atoms with Crippen LogP contribution in [0.3, 0.4) is 0 Å². The first-order valence-corrected chi connectivity index (χ1v) is 7.40. The van der Waals surface area contributed by atoms with Crippen molar-refractivity contribution in [1.29, 1.82) is 0 Å². The highest BCUT2D eigenvalue weighted by Gasteiger charge is 2.02. The number of nitrogens with one attached hydrogen (secondary N) is 1. The maximum Gasteiger partial charge on any atom is 0.0737 e. The number of halogens is 1. The molecule has 0 saturated carbocycles. The summed E-state index contributed by atoms with van der Waals surface area (Å²) < 4.78 is 5.57. The molecule has 0 amide bonds. The Balaban J connectivity index is 1.87. The summed E-state index contributed by atoms with van der Waals surface area (Å²) in [7, 11) is 0. The van der Waals surface area contributed by atoms with E-state index in [0.29, 0.717) is 10.9 Å². The summed E-state index contributed by atoms with van der Waals surface area (Å²) >= 11 is 5.98. The van der Waals surface area contributed by atoms with E-state index < -0.39 is 0 Å². The minimum atomic E-state index is 0.594. The lowest BCUT2D eigenvalue weighted by Gasteiger charge is -2.10. The topological polar surface area (TPSA) is 34.1 Å². The predicted octanol–water partition coefficient (Wildman–Crippen LogP) is 4.36. The minimum Gasteiger partial charge on any atom is -0.384 e. The number of aromatic nitrogens is 1. The number of rotatable bonds is 7. The van der Waals surface area contributed by atoms with E-state index in [4.69, 9.17) is 16.3 Å². The van der Waals surface area contributed by atoms with Crippen molar-refractivity contribution in [3.8, 4) is 0 Å². The Kier molecular flexibility index (Phi) is 5.62. The lowest BCUT2D eigenvalue weighted by molar-refractivity contribution is 0.110. The SMILES string of the molecule is CC(C)COCCCNc1ccnc2cc(Cl)ccc12. The average Bonchev–Trinajstić information content (AvgIpc) is 2.42. The summed E-state index contributed by atoms with van der Waals surface area (Å²) in [6.45, 7) is 6.83. The van der Waals surface area contributed by atoms with Crippen molar-refractivity contribution in [3.05, 3.63) is 35.5 Å². The van der Waals surface area contributed by atoms with Gasteiger partial charge in [0.25, 0.3) is 0 Å². The molecule has 0 aliphatic rings. The van der Waals surface area contributed by atoms with Gasteiger partial charge in [0.2, 0.25) is 0 Å². The Morgan fingerprint density at radius 2 is 2.15 bits per heavy atom. The fourth-order valence-corrected chi connectivity index (χ4v) is 2.16. The van der Waals surface area contributed by atoms with Gasteiger partial charge in [-0.15, -0.1) is 0 Å². The third kappa shape index (κ3) is 4.36. The van der Waals surface area contributed by atoms with Crippen LogP contribution in [0.25, 0.3) is 10.9 Å². The summed E-state index contributed by atoms with van der Waals surface area (Å²) in [5.41, 5.74) is 2.01. The van der Waals surface area contributed by atoms with Gasteiger partial charge in [0, 0.05) is 42.1 Å². The van der Waals surface area contributed by atoms with Crippen LogP contribution < -0.4 is 5.32 Å². The highest BCUT2D eigenvalue weighted by atomic mass is 35.5. The molecule has 3 nitrogen and oxygen atoms in total. The van der Waals surface area contributed by atoms with Crippen LogP contribution in [0.5, 0.6) is 0 Å². The first kappa shape index (κ1) is 15.1. The lowest BCUT2D eigenvalue weighted by Crippen LogP contribution is -2.08. The van der Waals surface area contributed by atoms with E-state index in [0.717, 1.165) is 42.8 Å². The Morgan fingerprint density at radius 3 is 2.95 bits per heavy atom. The van der Waals surface area contributed by atoms with Crippen LogP contribution in [0.4, 0.5) is 5.69 Å². The molecule has 0 unspecified atom stereocenters. The predicted molar refractivity (Wildman–Crippen MR) is 85.5 cm³/mol. The second kappa shape index (κ2) is 7.46. The molecule has 1 heterocycles. The molecule has 108 valence electrons.